The standard InChI is InChI=1S/C17H25N3O3/c1-4-17(2,16(22)23-3)20(11-13-5-6-13)15(21)8-7-14-9-18-12-19-10-14/h9-10,12-13H,4-8,11H2,1-3H3. The van der Waals surface area contributed by atoms with Gasteiger partial charge in [-0.15, -0.1) is 0 Å². The third-order valence-electron chi connectivity index (χ3n) is 4.59. The predicted octanol–water partition coefficient (Wildman–Crippen LogP) is 1.99. The summed E-state index contributed by atoms with van der Waals surface area (Å²) in [5.41, 5.74) is 0.0187. The van der Waals surface area contributed by atoms with Crippen LogP contribution in [-0.2, 0) is 20.7 Å². The number of carbonyl (C=O) groups is 2. The third kappa shape index (κ3) is 4.27. The molecule has 1 heterocycles. The van der Waals surface area contributed by atoms with Crippen LogP contribution in [0.2, 0.25) is 0 Å². The molecule has 23 heavy (non-hydrogen) atoms. The van der Waals surface area contributed by atoms with E-state index in [9.17, 15) is 9.59 Å². The molecule has 126 valence electrons. The molecule has 1 amide bonds. The molecule has 6 nitrogen and oxygen atoms in total. The van der Waals surface area contributed by atoms with Gasteiger partial charge in [-0.25, -0.2) is 14.8 Å². The Morgan fingerprint density at radius 2 is 2.00 bits per heavy atom. The molecule has 1 unspecified atom stereocenters. The van der Waals surface area contributed by atoms with Crippen molar-refractivity contribution in [1.82, 2.24) is 14.9 Å². The fourth-order valence-electron chi connectivity index (χ4n) is 2.65. The fourth-order valence-corrected chi connectivity index (χ4v) is 2.65. The minimum atomic E-state index is -0.901. The number of aromatic nitrogens is 2. The van der Waals surface area contributed by atoms with Crippen LogP contribution in [0.15, 0.2) is 18.7 Å². The number of aryl methyl sites for hydroxylation is 1. The number of hydrogen-bond donors (Lipinski definition) is 0. The van der Waals surface area contributed by atoms with Crippen molar-refractivity contribution < 1.29 is 14.3 Å². The van der Waals surface area contributed by atoms with Crippen molar-refractivity contribution in [2.45, 2.75) is 51.5 Å². The normalized spacial score (nSPS) is 16.5. The summed E-state index contributed by atoms with van der Waals surface area (Å²) in [4.78, 5) is 34.7. The molecule has 0 aliphatic heterocycles. The average Bonchev–Trinajstić information content (AvgIpc) is 3.41. The third-order valence-corrected chi connectivity index (χ3v) is 4.59. The Morgan fingerprint density at radius 3 is 2.52 bits per heavy atom. The number of esters is 1. The van der Waals surface area contributed by atoms with Gasteiger partial charge in [-0.1, -0.05) is 6.92 Å². The Kier molecular flexibility index (Phi) is 5.69. The molecule has 2 rings (SSSR count). The van der Waals surface area contributed by atoms with E-state index in [2.05, 4.69) is 9.97 Å². The van der Waals surface area contributed by atoms with Crippen LogP contribution in [0.1, 0.15) is 45.1 Å². The van der Waals surface area contributed by atoms with E-state index in [4.69, 9.17) is 4.74 Å². The highest BCUT2D eigenvalue weighted by atomic mass is 16.5. The molecular formula is C17H25N3O3. The van der Waals surface area contributed by atoms with Crippen molar-refractivity contribution in [3.05, 3.63) is 24.3 Å². The number of rotatable bonds is 8. The minimum absolute atomic E-state index is 0.0181. The zero-order valence-corrected chi connectivity index (χ0v) is 14.1. The number of hydrogen-bond acceptors (Lipinski definition) is 5. The van der Waals surface area contributed by atoms with Crippen molar-refractivity contribution in [2.24, 2.45) is 5.92 Å². The minimum Gasteiger partial charge on any atom is -0.467 e. The number of amides is 1. The summed E-state index contributed by atoms with van der Waals surface area (Å²) in [7, 11) is 1.37. The largest absolute Gasteiger partial charge is 0.467 e. The van der Waals surface area contributed by atoms with Crippen LogP contribution in [0, 0.1) is 5.92 Å². The second-order valence-electron chi connectivity index (χ2n) is 6.31. The van der Waals surface area contributed by atoms with Crippen LogP contribution in [-0.4, -0.2) is 45.9 Å². The zero-order chi connectivity index (χ0) is 16.9. The SMILES string of the molecule is CCC(C)(C(=O)OC)N(CC1CC1)C(=O)CCc1cncnc1. The van der Waals surface area contributed by atoms with Gasteiger partial charge in [0.05, 0.1) is 7.11 Å². The summed E-state index contributed by atoms with van der Waals surface area (Å²) in [5.74, 6) is 0.141. The summed E-state index contributed by atoms with van der Waals surface area (Å²) >= 11 is 0. The lowest BCUT2D eigenvalue weighted by Crippen LogP contribution is -2.56. The van der Waals surface area contributed by atoms with Gasteiger partial charge in [-0.05, 0) is 44.1 Å². The van der Waals surface area contributed by atoms with Gasteiger partial charge in [0.2, 0.25) is 5.91 Å². The molecule has 1 aromatic rings. The Hall–Kier alpha value is -1.98. The van der Waals surface area contributed by atoms with Crippen molar-refractivity contribution >= 4 is 11.9 Å². The van der Waals surface area contributed by atoms with E-state index in [0.29, 0.717) is 31.7 Å². The van der Waals surface area contributed by atoms with Crippen molar-refractivity contribution in [1.29, 1.82) is 0 Å². The number of nitrogens with zero attached hydrogens (tertiary/aromatic N) is 3. The fraction of sp³-hybridized carbons (Fsp3) is 0.647. The van der Waals surface area contributed by atoms with E-state index >= 15 is 0 Å². The first-order valence-corrected chi connectivity index (χ1v) is 8.14. The van der Waals surface area contributed by atoms with Gasteiger partial charge in [-0.3, -0.25) is 4.79 Å². The van der Waals surface area contributed by atoms with Crippen molar-refractivity contribution in [2.75, 3.05) is 13.7 Å². The monoisotopic (exact) mass is 319 g/mol. The zero-order valence-electron chi connectivity index (χ0n) is 14.1. The van der Waals surface area contributed by atoms with Gasteiger partial charge in [0.25, 0.3) is 0 Å². The van der Waals surface area contributed by atoms with Gasteiger partial charge < -0.3 is 9.64 Å². The second-order valence-corrected chi connectivity index (χ2v) is 6.31. The molecule has 0 radical (unpaired) electrons. The quantitative estimate of drug-likeness (QED) is 0.685. The molecule has 1 fully saturated rings. The Labute approximate surface area is 137 Å². The number of methoxy groups -OCH3 is 1. The maximum atomic E-state index is 12.8. The first-order chi connectivity index (χ1) is 11.0. The van der Waals surface area contributed by atoms with E-state index in [-0.39, 0.29) is 11.9 Å². The van der Waals surface area contributed by atoms with Gasteiger partial charge in [-0.2, -0.15) is 0 Å². The second kappa shape index (κ2) is 7.53. The first kappa shape index (κ1) is 17.4. The summed E-state index contributed by atoms with van der Waals surface area (Å²) in [6.07, 6.45) is 8.58. The van der Waals surface area contributed by atoms with E-state index in [1.165, 1.54) is 13.4 Å². The molecule has 0 spiro atoms. The Morgan fingerprint density at radius 1 is 1.35 bits per heavy atom. The van der Waals surface area contributed by atoms with Crippen LogP contribution in [0.3, 0.4) is 0 Å². The lowest BCUT2D eigenvalue weighted by atomic mass is 9.94. The molecule has 1 aromatic heterocycles. The molecular weight excluding hydrogens is 294 g/mol. The van der Waals surface area contributed by atoms with E-state index < -0.39 is 5.54 Å². The van der Waals surface area contributed by atoms with Crippen LogP contribution >= 0.6 is 0 Å². The van der Waals surface area contributed by atoms with E-state index in [1.54, 1.807) is 24.2 Å². The maximum Gasteiger partial charge on any atom is 0.331 e. The molecule has 1 aliphatic rings. The summed E-state index contributed by atoms with van der Waals surface area (Å²) < 4.78 is 4.95. The first-order valence-electron chi connectivity index (χ1n) is 8.14. The molecule has 6 heteroatoms. The summed E-state index contributed by atoms with van der Waals surface area (Å²) in [5, 5.41) is 0. The van der Waals surface area contributed by atoms with Crippen LogP contribution in [0.4, 0.5) is 0 Å². The smallest absolute Gasteiger partial charge is 0.331 e. The summed E-state index contributed by atoms with van der Waals surface area (Å²) in [6, 6.07) is 0. The van der Waals surface area contributed by atoms with Crippen molar-refractivity contribution in [3.63, 3.8) is 0 Å². The Balaban J connectivity index is 2.09. The lowest BCUT2D eigenvalue weighted by molar-refractivity contribution is -0.161. The van der Waals surface area contributed by atoms with Gasteiger partial charge in [0, 0.05) is 25.4 Å². The average molecular weight is 319 g/mol. The highest BCUT2D eigenvalue weighted by molar-refractivity contribution is 5.87. The van der Waals surface area contributed by atoms with Gasteiger partial charge in [0.1, 0.15) is 11.9 Å². The van der Waals surface area contributed by atoms with Crippen LogP contribution < -0.4 is 0 Å². The van der Waals surface area contributed by atoms with Crippen LogP contribution in [0.5, 0.6) is 0 Å². The van der Waals surface area contributed by atoms with E-state index in [0.717, 1.165) is 18.4 Å². The number of carbonyl (C=O) groups excluding carboxylic acids is 2. The van der Waals surface area contributed by atoms with E-state index in [1.807, 2.05) is 6.92 Å². The predicted molar refractivity (Wildman–Crippen MR) is 85.5 cm³/mol. The highest BCUT2D eigenvalue weighted by Gasteiger charge is 2.43. The molecule has 1 atom stereocenters. The number of ether oxygens (including phenoxy) is 1. The topological polar surface area (TPSA) is 72.4 Å². The molecule has 0 aromatic carbocycles. The highest BCUT2D eigenvalue weighted by Crippen LogP contribution is 2.34. The van der Waals surface area contributed by atoms with Gasteiger partial charge in [0.15, 0.2) is 0 Å². The molecule has 1 saturated carbocycles. The maximum absolute atomic E-state index is 12.8. The lowest BCUT2D eigenvalue weighted by Gasteiger charge is -2.38. The molecule has 0 N–H and O–H groups in total. The summed E-state index contributed by atoms with van der Waals surface area (Å²) in [6.45, 7) is 4.34. The van der Waals surface area contributed by atoms with Crippen molar-refractivity contribution in [3.8, 4) is 0 Å². The Bertz CT molecular complexity index is 545. The van der Waals surface area contributed by atoms with Crippen LogP contribution in [0.25, 0.3) is 0 Å². The molecule has 0 bridgehead atoms. The molecule has 0 saturated heterocycles. The molecule has 1 aliphatic carbocycles. The van der Waals surface area contributed by atoms with Gasteiger partial charge >= 0.3 is 5.97 Å².